The van der Waals surface area contributed by atoms with Gasteiger partial charge < -0.3 is 11.1 Å². The third-order valence-electron chi connectivity index (χ3n) is 3.90. The quantitative estimate of drug-likeness (QED) is 0.898. The van der Waals surface area contributed by atoms with Crippen LogP contribution in [-0.2, 0) is 4.79 Å². The summed E-state index contributed by atoms with van der Waals surface area (Å²) in [5.74, 6) is 0.103. The summed E-state index contributed by atoms with van der Waals surface area (Å²) in [7, 11) is 0. The van der Waals surface area contributed by atoms with Gasteiger partial charge in [-0.25, -0.2) is 0 Å². The Morgan fingerprint density at radius 2 is 2.06 bits per heavy atom. The fourth-order valence-corrected chi connectivity index (χ4v) is 2.58. The van der Waals surface area contributed by atoms with Crippen LogP contribution < -0.4 is 11.1 Å². The number of benzene rings is 1. The molecule has 3 nitrogen and oxygen atoms in total. The van der Waals surface area contributed by atoms with Crippen molar-refractivity contribution in [3.05, 3.63) is 34.3 Å². The van der Waals surface area contributed by atoms with Crippen molar-refractivity contribution in [2.24, 2.45) is 11.1 Å². The van der Waals surface area contributed by atoms with E-state index in [-0.39, 0.29) is 17.4 Å². The van der Waals surface area contributed by atoms with Gasteiger partial charge in [-0.05, 0) is 37.5 Å². The van der Waals surface area contributed by atoms with E-state index in [1.165, 1.54) is 0 Å². The Kier molecular flexibility index (Phi) is 4.07. The molecule has 0 unspecified atom stereocenters. The van der Waals surface area contributed by atoms with E-state index in [9.17, 15) is 4.79 Å². The van der Waals surface area contributed by atoms with E-state index in [4.69, 9.17) is 5.73 Å². The fraction of sp³-hybridized carbons (Fsp3) is 0.500. The molecule has 1 amide bonds. The molecule has 1 aromatic rings. The molecule has 0 radical (unpaired) electrons. The van der Waals surface area contributed by atoms with Crippen LogP contribution in [0.25, 0.3) is 0 Å². The smallest absolute Gasteiger partial charge is 0.227 e. The Morgan fingerprint density at radius 3 is 2.50 bits per heavy atom. The lowest BCUT2D eigenvalue weighted by atomic mass is 9.68. The number of amides is 1. The van der Waals surface area contributed by atoms with Gasteiger partial charge in [-0.2, -0.15) is 0 Å². The van der Waals surface area contributed by atoms with Crippen LogP contribution in [0, 0.1) is 5.41 Å². The molecule has 0 aromatic heterocycles. The summed E-state index contributed by atoms with van der Waals surface area (Å²) in [6.07, 6.45) is 2.95. The summed E-state index contributed by atoms with van der Waals surface area (Å²) in [4.78, 5) is 12.2. The first-order chi connectivity index (χ1) is 8.57. The minimum Gasteiger partial charge on any atom is -0.349 e. The van der Waals surface area contributed by atoms with Crippen molar-refractivity contribution >= 4 is 21.8 Å². The second-order valence-electron chi connectivity index (χ2n) is 5.08. The number of rotatable bonds is 4. The molecule has 18 heavy (non-hydrogen) atoms. The zero-order chi connectivity index (χ0) is 13.2. The molecule has 1 aliphatic carbocycles. The lowest BCUT2D eigenvalue weighted by Gasteiger charge is -2.39. The van der Waals surface area contributed by atoms with Crippen molar-refractivity contribution in [3.8, 4) is 0 Å². The number of carbonyl (C=O) groups excluding carboxylic acids is 1. The fourth-order valence-electron chi connectivity index (χ4n) is 2.31. The van der Waals surface area contributed by atoms with Crippen LogP contribution in [-0.4, -0.2) is 12.5 Å². The van der Waals surface area contributed by atoms with Crippen molar-refractivity contribution < 1.29 is 4.79 Å². The largest absolute Gasteiger partial charge is 0.349 e. The van der Waals surface area contributed by atoms with E-state index in [1.54, 1.807) is 0 Å². The van der Waals surface area contributed by atoms with Gasteiger partial charge in [0.15, 0.2) is 0 Å². The predicted octanol–water partition coefficient (Wildman–Crippen LogP) is 2.76. The lowest BCUT2D eigenvalue weighted by Crippen LogP contribution is -2.50. The highest BCUT2D eigenvalue weighted by atomic mass is 79.9. The Morgan fingerprint density at radius 1 is 1.44 bits per heavy atom. The summed E-state index contributed by atoms with van der Waals surface area (Å²) in [5, 5.41) is 3.08. The summed E-state index contributed by atoms with van der Waals surface area (Å²) < 4.78 is 1.04. The van der Waals surface area contributed by atoms with Crippen LogP contribution >= 0.6 is 15.9 Å². The summed E-state index contributed by atoms with van der Waals surface area (Å²) >= 11 is 3.40. The Balaban J connectivity index is 2.01. The minimum absolute atomic E-state index is 0.0228. The third kappa shape index (κ3) is 2.59. The molecule has 0 aliphatic heterocycles. The number of nitrogens with one attached hydrogen (secondary N) is 1. The SMILES string of the molecule is C[C@@H](NC(=O)C1(CN)CCC1)c1ccc(Br)cc1. The molecular weight excluding hydrogens is 292 g/mol. The number of hydrogen-bond donors (Lipinski definition) is 2. The van der Waals surface area contributed by atoms with Crippen molar-refractivity contribution in [2.45, 2.75) is 32.2 Å². The Bertz CT molecular complexity index is 420. The van der Waals surface area contributed by atoms with Crippen LogP contribution in [0.4, 0.5) is 0 Å². The second kappa shape index (κ2) is 5.41. The standard InChI is InChI=1S/C14H19BrN2O/c1-10(11-3-5-12(15)6-4-11)17-13(18)14(9-16)7-2-8-14/h3-6,10H,2,7-9,16H2,1H3,(H,17,18)/t10-/m1/s1. The maximum atomic E-state index is 12.2. The minimum atomic E-state index is -0.302. The molecule has 0 heterocycles. The predicted molar refractivity (Wildman–Crippen MR) is 76.0 cm³/mol. The molecule has 98 valence electrons. The van der Waals surface area contributed by atoms with Gasteiger partial charge >= 0.3 is 0 Å². The molecule has 1 aromatic carbocycles. The summed E-state index contributed by atoms with van der Waals surface area (Å²) in [6, 6.07) is 8.03. The van der Waals surface area contributed by atoms with Crippen LogP contribution in [0.2, 0.25) is 0 Å². The molecule has 1 aliphatic rings. The number of halogens is 1. The summed E-state index contributed by atoms with van der Waals surface area (Å²) in [6.45, 7) is 2.45. The lowest BCUT2D eigenvalue weighted by molar-refractivity contribution is -0.135. The van der Waals surface area contributed by atoms with Gasteiger partial charge in [0, 0.05) is 11.0 Å². The zero-order valence-electron chi connectivity index (χ0n) is 10.6. The van der Waals surface area contributed by atoms with Gasteiger partial charge in [-0.15, -0.1) is 0 Å². The average molecular weight is 311 g/mol. The monoisotopic (exact) mass is 310 g/mol. The number of carbonyl (C=O) groups is 1. The molecule has 1 fully saturated rings. The Hall–Kier alpha value is -0.870. The molecule has 3 N–H and O–H groups in total. The normalized spacial score (nSPS) is 18.8. The van der Waals surface area contributed by atoms with E-state index >= 15 is 0 Å². The van der Waals surface area contributed by atoms with Gasteiger partial charge in [0.2, 0.25) is 5.91 Å². The molecule has 4 heteroatoms. The van der Waals surface area contributed by atoms with Crippen LogP contribution in [0.1, 0.15) is 37.8 Å². The number of hydrogen-bond acceptors (Lipinski definition) is 2. The maximum absolute atomic E-state index is 12.2. The highest BCUT2D eigenvalue weighted by molar-refractivity contribution is 9.10. The van der Waals surface area contributed by atoms with Crippen molar-refractivity contribution in [2.75, 3.05) is 6.54 Å². The molecule has 1 saturated carbocycles. The van der Waals surface area contributed by atoms with Crippen LogP contribution in [0.15, 0.2) is 28.7 Å². The second-order valence-corrected chi connectivity index (χ2v) is 6.00. The Labute approximate surface area is 116 Å². The molecular formula is C14H19BrN2O. The molecule has 0 saturated heterocycles. The van der Waals surface area contributed by atoms with Gasteiger partial charge in [0.1, 0.15) is 0 Å². The van der Waals surface area contributed by atoms with Crippen molar-refractivity contribution in [3.63, 3.8) is 0 Å². The molecule has 0 spiro atoms. The average Bonchev–Trinajstić information content (AvgIpc) is 2.29. The van der Waals surface area contributed by atoms with Gasteiger partial charge in [-0.1, -0.05) is 34.5 Å². The van der Waals surface area contributed by atoms with Crippen molar-refractivity contribution in [1.29, 1.82) is 0 Å². The number of nitrogens with two attached hydrogens (primary N) is 1. The molecule has 1 atom stereocenters. The van der Waals surface area contributed by atoms with Gasteiger partial charge in [0.05, 0.1) is 11.5 Å². The van der Waals surface area contributed by atoms with Gasteiger partial charge in [0.25, 0.3) is 0 Å². The third-order valence-corrected chi connectivity index (χ3v) is 4.43. The highest BCUT2D eigenvalue weighted by Gasteiger charge is 2.43. The maximum Gasteiger partial charge on any atom is 0.227 e. The first-order valence-corrected chi connectivity index (χ1v) is 7.13. The van der Waals surface area contributed by atoms with E-state index < -0.39 is 0 Å². The molecule has 2 rings (SSSR count). The van der Waals surface area contributed by atoms with E-state index in [2.05, 4.69) is 21.2 Å². The van der Waals surface area contributed by atoms with Crippen molar-refractivity contribution in [1.82, 2.24) is 5.32 Å². The van der Waals surface area contributed by atoms with Gasteiger partial charge in [-0.3, -0.25) is 4.79 Å². The summed E-state index contributed by atoms with van der Waals surface area (Å²) in [5.41, 5.74) is 6.54. The highest BCUT2D eigenvalue weighted by Crippen LogP contribution is 2.40. The van der Waals surface area contributed by atoms with E-state index in [1.807, 2.05) is 31.2 Å². The first-order valence-electron chi connectivity index (χ1n) is 6.34. The zero-order valence-corrected chi connectivity index (χ0v) is 12.2. The van der Waals surface area contributed by atoms with E-state index in [0.717, 1.165) is 29.3 Å². The molecule has 0 bridgehead atoms. The van der Waals surface area contributed by atoms with E-state index in [0.29, 0.717) is 6.54 Å². The topological polar surface area (TPSA) is 55.1 Å². The van der Waals surface area contributed by atoms with Crippen LogP contribution in [0.3, 0.4) is 0 Å². The first kappa shape index (κ1) is 13.6. The van der Waals surface area contributed by atoms with Crippen LogP contribution in [0.5, 0.6) is 0 Å².